The minimum absolute atomic E-state index is 0.703. The van der Waals surface area contributed by atoms with E-state index in [1.54, 1.807) is 0 Å². The summed E-state index contributed by atoms with van der Waals surface area (Å²) in [5.41, 5.74) is 8.36. The van der Waals surface area contributed by atoms with Crippen molar-refractivity contribution in [3.05, 3.63) is 29.3 Å². The molecule has 2 heteroatoms. The molecule has 15 heavy (non-hydrogen) atoms. The van der Waals surface area contributed by atoms with E-state index in [2.05, 4.69) is 18.2 Å². The smallest absolute Gasteiger partial charge is 0.122 e. The van der Waals surface area contributed by atoms with Gasteiger partial charge in [-0.15, -0.1) is 0 Å². The van der Waals surface area contributed by atoms with E-state index in [1.807, 2.05) is 0 Å². The largest absolute Gasteiger partial charge is 0.493 e. The van der Waals surface area contributed by atoms with E-state index in [4.69, 9.17) is 10.5 Å². The number of hydrogen-bond acceptors (Lipinski definition) is 2. The van der Waals surface area contributed by atoms with Crippen molar-refractivity contribution in [1.82, 2.24) is 0 Å². The maximum absolute atomic E-state index is 5.76. The van der Waals surface area contributed by atoms with Crippen LogP contribution in [0.4, 0.5) is 0 Å². The quantitative estimate of drug-likeness (QED) is 0.765. The topological polar surface area (TPSA) is 35.2 Å². The molecule has 0 atom stereocenters. The van der Waals surface area contributed by atoms with E-state index in [1.165, 1.54) is 36.8 Å². The number of fused-ring (bicyclic) bond motifs is 1. The molecule has 1 aliphatic carbocycles. The molecule has 2 rings (SSSR count). The SMILES string of the molecule is NCCCOc1cccc2c1CCCC2. The average Bonchev–Trinajstić information content (AvgIpc) is 2.30. The number of nitrogens with two attached hydrogens (primary N) is 1. The van der Waals surface area contributed by atoms with Crippen LogP contribution in [0.5, 0.6) is 5.75 Å². The van der Waals surface area contributed by atoms with Crippen LogP contribution in [-0.4, -0.2) is 13.2 Å². The van der Waals surface area contributed by atoms with E-state index < -0.39 is 0 Å². The van der Waals surface area contributed by atoms with E-state index >= 15 is 0 Å². The van der Waals surface area contributed by atoms with Crippen LogP contribution in [0, 0.1) is 0 Å². The maximum atomic E-state index is 5.76. The van der Waals surface area contributed by atoms with Gasteiger partial charge in [-0.3, -0.25) is 0 Å². The summed E-state index contributed by atoms with van der Waals surface area (Å²) in [6.45, 7) is 1.45. The molecule has 0 fully saturated rings. The molecule has 1 aromatic carbocycles. The van der Waals surface area contributed by atoms with Crippen LogP contribution in [0.15, 0.2) is 18.2 Å². The van der Waals surface area contributed by atoms with Crippen LogP contribution in [0.25, 0.3) is 0 Å². The molecule has 0 saturated heterocycles. The molecule has 0 unspecified atom stereocenters. The van der Waals surface area contributed by atoms with E-state index in [-0.39, 0.29) is 0 Å². The predicted octanol–water partition coefficient (Wildman–Crippen LogP) is 2.29. The number of hydrogen-bond donors (Lipinski definition) is 1. The highest BCUT2D eigenvalue weighted by molar-refractivity contribution is 5.41. The van der Waals surface area contributed by atoms with E-state index in [0.29, 0.717) is 6.54 Å². The lowest BCUT2D eigenvalue weighted by Crippen LogP contribution is -2.09. The Kier molecular flexibility index (Phi) is 3.62. The van der Waals surface area contributed by atoms with Gasteiger partial charge in [0.25, 0.3) is 0 Å². The van der Waals surface area contributed by atoms with Gasteiger partial charge in [0.15, 0.2) is 0 Å². The molecule has 0 saturated carbocycles. The van der Waals surface area contributed by atoms with Gasteiger partial charge >= 0.3 is 0 Å². The van der Waals surface area contributed by atoms with Gasteiger partial charge in [0, 0.05) is 0 Å². The molecule has 1 aromatic rings. The highest BCUT2D eigenvalue weighted by Gasteiger charge is 2.13. The van der Waals surface area contributed by atoms with Crippen LogP contribution >= 0.6 is 0 Å². The molecule has 2 N–H and O–H groups in total. The van der Waals surface area contributed by atoms with Gasteiger partial charge < -0.3 is 10.5 Å². The predicted molar refractivity (Wildman–Crippen MR) is 62.3 cm³/mol. The standard InChI is InChI=1S/C13H19NO/c14-9-4-10-15-13-8-3-6-11-5-1-2-7-12(11)13/h3,6,8H,1-2,4-5,7,9-10,14H2. The average molecular weight is 205 g/mol. The highest BCUT2D eigenvalue weighted by atomic mass is 16.5. The zero-order chi connectivity index (χ0) is 10.5. The third-order valence-corrected chi connectivity index (χ3v) is 2.96. The lowest BCUT2D eigenvalue weighted by molar-refractivity contribution is 0.308. The van der Waals surface area contributed by atoms with Gasteiger partial charge in [-0.2, -0.15) is 0 Å². The number of ether oxygens (including phenoxy) is 1. The number of benzene rings is 1. The summed E-state index contributed by atoms with van der Waals surface area (Å²) >= 11 is 0. The summed E-state index contributed by atoms with van der Waals surface area (Å²) in [7, 11) is 0. The van der Waals surface area contributed by atoms with Gasteiger partial charge in [-0.05, 0) is 55.8 Å². The van der Waals surface area contributed by atoms with Gasteiger partial charge in [0.05, 0.1) is 6.61 Å². The van der Waals surface area contributed by atoms with Crippen molar-refractivity contribution in [2.75, 3.05) is 13.2 Å². The van der Waals surface area contributed by atoms with Gasteiger partial charge in [-0.25, -0.2) is 0 Å². The van der Waals surface area contributed by atoms with Crippen LogP contribution in [0.2, 0.25) is 0 Å². The highest BCUT2D eigenvalue weighted by Crippen LogP contribution is 2.29. The summed E-state index contributed by atoms with van der Waals surface area (Å²) in [6, 6.07) is 6.41. The first-order chi connectivity index (χ1) is 7.42. The zero-order valence-corrected chi connectivity index (χ0v) is 9.17. The van der Waals surface area contributed by atoms with E-state index in [0.717, 1.165) is 18.8 Å². The molecule has 0 aliphatic heterocycles. The molecule has 0 amide bonds. The Balaban J connectivity index is 2.09. The minimum Gasteiger partial charge on any atom is -0.493 e. The Bertz CT molecular complexity index is 322. The fraction of sp³-hybridized carbons (Fsp3) is 0.538. The molecule has 0 radical (unpaired) electrons. The molecular formula is C13H19NO. The van der Waals surface area contributed by atoms with E-state index in [9.17, 15) is 0 Å². The lowest BCUT2D eigenvalue weighted by atomic mass is 9.91. The van der Waals surface area contributed by atoms with Crippen molar-refractivity contribution in [2.45, 2.75) is 32.1 Å². The molecule has 82 valence electrons. The molecule has 0 heterocycles. The molecule has 0 aromatic heterocycles. The van der Waals surface area contributed by atoms with Gasteiger partial charge in [-0.1, -0.05) is 12.1 Å². The first kappa shape index (κ1) is 10.5. The van der Waals surface area contributed by atoms with Crippen molar-refractivity contribution in [3.63, 3.8) is 0 Å². The summed E-state index contributed by atoms with van der Waals surface area (Å²) in [6.07, 6.45) is 5.94. The van der Waals surface area contributed by atoms with Crippen molar-refractivity contribution in [2.24, 2.45) is 5.73 Å². The fourth-order valence-electron chi connectivity index (χ4n) is 2.15. The summed E-state index contributed by atoms with van der Waals surface area (Å²) in [5, 5.41) is 0. The van der Waals surface area contributed by atoms with Crippen molar-refractivity contribution in [1.29, 1.82) is 0 Å². The van der Waals surface area contributed by atoms with Crippen molar-refractivity contribution in [3.8, 4) is 5.75 Å². The molecule has 2 nitrogen and oxygen atoms in total. The maximum Gasteiger partial charge on any atom is 0.122 e. The van der Waals surface area contributed by atoms with Gasteiger partial charge in [0.2, 0.25) is 0 Å². The summed E-state index contributed by atoms with van der Waals surface area (Å²) in [4.78, 5) is 0. The normalized spacial score (nSPS) is 14.7. The second kappa shape index (κ2) is 5.17. The summed E-state index contributed by atoms with van der Waals surface area (Å²) < 4.78 is 5.76. The number of rotatable bonds is 4. The lowest BCUT2D eigenvalue weighted by Gasteiger charge is -2.19. The first-order valence-electron chi connectivity index (χ1n) is 5.85. The zero-order valence-electron chi connectivity index (χ0n) is 9.17. The Morgan fingerprint density at radius 1 is 1.20 bits per heavy atom. The first-order valence-corrected chi connectivity index (χ1v) is 5.85. The molecular weight excluding hydrogens is 186 g/mol. The Morgan fingerprint density at radius 2 is 2.07 bits per heavy atom. The van der Waals surface area contributed by atoms with Crippen LogP contribution < -0.4 is 10.5 Å². The third kappa shape index (κ3) is 2.51. The molecule has 1 aliphatic rings. The Hall–Kier alpha value is -1.02. The van der Waals surface area contributed by atoms with Crippen molar-refractivity contribution >= 4 is 0 Å². The molecule has 0 spiro atoms. The van der Waals surface area contributed by atoms with Gasteiger partial charge in [0.1, 0.15) is 5.75 Å². The minimum atomic E-state index is 0.703. The third-order valence-electron chi connectivity index (χ3n) is 2.96. The van der Waals surface area contributed by atoms with Crippen LogP contribution in [0.1, 0.15) is 30.4 Å². The number of aryl methyl sites for hydroxylation is 1. The fourth-order valence-corrected chi connectivity index (χ4v) is 2.15. The Morgan fingerprint density at radius 3 is 2.93 bits per heavy atom. The monoisotopic (exact) mass is 205 g/mol. The second-order valence-electron chi connectivity index (χ2n) is 4.09. The second-order valence-corrected chi connectivity index (χ2v) is 4.09. The van der Waals surface area contributed by atoms with Crippen molar-refractivity contribution < 1.29 is 4.74 Å². The molecule has 0 bridgehead atoms. The van der Waals surface area contributed by atoms with Crippen LogP contribution in [-0.2, 0) is 12.8 Å². The summed E-state index contributed by atoms with van der Waals surface area (Å²) in [5.74, 6) is 1.08. The van der Waals surface area contributed by atoms with Crippen LogP contribution in [0.3, 0.4) is 0 Å². The Labute approximate surface area is 91.4 Å².